The van der Waals surface area contributed by atoms with Crippen LogP contribution in [0.5, 0.6) is 0 Å². The van der Waals surface area contributed by atoms with E-state index in [0.29, 0.717) is 0 Å². The van der Waals surface area contributed by atoms with E-state index in [9.17, 15) is 0 Å². The third kappa shape index (κ3) is 5.57. The highest BCUT2D eigenvalue weighted by atomic mass is 16.5. The largest absolute Gasteiger partial charge is 0.379 e. The number of rotatable bonds is 6. The van der Waals surface area contributed by atoms with Crippen LogP contribution in [0.3, 0.4) is 0 Å². The highest BCUT2D eigenvalue weighted by molar-refractivity contribution is 5.79. The molecule has 2 aromatic carbocycles. The Morgan fingerprint density at radius 1 is 1.04 bits per heavy atom. The summed E-state index contributed by atoms with van der Waals surface area (Å²) >= 11 is 0. The number of benzene rings is 2. The molecule has 1 saturated heterocycles. The minimum Gasteiger partial charge on any atom is -0.379 e. The molecular weight excluding hydrogens is 348 g/mol. The molecule has 2 aromatic rings. The van der Waals surface area contributed by atoms with E-state index in [1.165, 1.54) is 22.3 Å². The highest BCUT2D eigenvalue weighted by Gasteiger charge is 2.13. The van der Waals surface area contributed by atoms with E-state index in [1.54, 1.807) is 0 Å². The topological polar surface area (TPSA) is 40.1 Å². The van der Waals surface area contributed by atoms with Crippen LogP contribution in [0.1, 0.15) is 22.3 Å². The summed E-state index contributed by atoms with van der Waals surface area (Å²) in [4.78, 5) is 9.11. The zero-order valence-corrected chi connectivity index (χ0v) is 17.3. The number of guanidine groups is 1. The molecule has 0 atom stereocenters. The van der Waals surface area contributed by atoms with Crippen LogP contribution in [-0.4, -0.2) is 56.2 Å². The molecule has 0 bridgehead atoms. The summed E-state index contributed by atoms with van der Waals surface area (Å²) in [5, 5.41) is 3.54. The van der Waals surface area contributed by atoms with Gasteiger partial charge in [0.2, 0.25) is 0 Å². The van der Waals surface area contributed by atoms with Gasteiger partial charge in [-0.3, -0.25) is 9.89 Å². The van der Waals surface area contributed by atoms with Crippen molar-refractivity contribution in [3.8, 4) is 0 Å². The van der Waals surface area contributed by atoms with Gasteiger partial charge in [-0.2, -0.15) is 0 Å². The van der Waals surface area contributed by atoms with Gasteiger partial charge in [0.05, 0.1) is 13.2 Å². The molecule has 0 saturated carbocycles. The van der Waals surface area contributed by atoms with Crippen molar-refractivity contribution in [1.82, 2.24) is 15.1 Å². The SMILES string of the molecule is CN=C(NCc1ccccc1CN1CCOCC1)N(C)Cc1ccccc1C. The Hall–Kier alpha value is -2.37. The second-order valence-electron chi connectivity index (χ2n) is 7.34. The molecule has 5 heteroatoms. The zero-order chi connectivity index (χ0) is 19.8. The third-order valence-electron chi connectivity index (χ3n) is 5.30. The van der Waals surface area contributed by atoms with Gasteiger partial charge >= 0.3 is 0 Å². The normalized spacial score (nSPS) is 15.5. The van der Waals surface area contributed by atoms with Crippen LogP contribution in [0.25, 0.3) is 0 Å². The van der Waals surface area contributed by atoms with Crippen LogP contribution < -0.4 is 5.32 Å². The van der Waals surface area contributed by atoms with Gasteiger partial charge in [-0.15, -0.1) is 0 Å². The lowest BCUT2D eigenvalue weighted by molar-refractivity contribution is 0.0341. The number of hydrogen-bond donors (Lipinski definition) is 1. The Labute approximate surface area is 169 Å². The molecule has 3 rings (SSSR count). The molecule has 28 heavy (non-hydrogen) atoms. The average Bonchev–Trinajstić information content (AvgIpc) is 2.72. The Balaban J connectivity index is 1.61. The summed E-state index contributed by atoms with van der Waals surface area (Å²) in [5.74, 6) is 0.907. The van der Waals surface area contributed by atoms with E-state index in [4.69, 9.17) is 4.74 Å². The van der Waals surface area contributed by atoms with Crippen LogP contribution >= 0.6 is 0 Å². The van der Waals surface area contributed by atoms with Gasteiger partial charge in [0, 0.05) is 46.8 Å². The van der Waals surface area contributed by atoms with Gasteiger partial charge in [-0.05, 0) is 29.2 Å². The van der Waals surface area contributed by atoms with E-state index in [1.807, 2.05) is 7.05 Å². The van der Waals surface area contributed by atoms with Crippen molar-refractivity contribution in [3.63, 3.8) is 0 Å². The lowest BCUT2D eigenvalue weighted by atomic mass is 10.1. The molecule has 1 fully saturated rings. The molecule has 0 amide bonds. The highest BCUT2D eigenvalue weighted by Crippen LogP contribution is 2.14. The van der Waals surface area contributed by atoms with Crippen LogP contribution in [0.2, 0.25) is 0 Å². The molecule has 0 aromatic heterocycles. The smallest absolute Gasteiger partial charge is 0.193 e. The predicted octanol–water partition coefficient (Wildman–Crippen LogP) is 3.03. The molecule has 1 aliphatic rings. The van der Waals surface area contributed by atoms with Gasteiger partial charge in [-0.1, -0.05) is 48.5 Å². The molecule has 0 aliphatic carbocycles. The lowest BCUT2D eigenvalue weighted by Crippen LogP contribution is -2.39. The molecule has 5 nitrogen and oxygen atoms in total. The molecule has 1 heterocycles. The Bertz CT molecular complexity index is 784. The summed E-state index contributed by atoms with van der Waals surface area (Å²) in [6, 6.07) is 17.2. The van der Waals surface area contributed by atoms with Gasteiger partial charge in [0.1, 0.15) is 0 Å². The van der Waals surface area contributed by atoms with Crippen molar-refractivity contribution in [2.45, 2.75) is 26.6 Å². The summed E-state index contributed by atoms with van der Waals surface area (Å²) in [5.41, 5.74) is 5.31. The fourth-order valence-corrected chi connectivity index (χ4v) is 3.56. The zero-order valence-electron chi connectivity index (χ0n) is 17.3. The van der Waals surface area contributed by atoms with Crippen LogP contribution in [0.15, 0.2) is 53.5 Å². The standard InChI is InChI=1S/C23H32N4O/c1-19-8-4-5-10-21(19)17-26(3)23(24-2)25-16-20-9-6-7-11-22(20)18-27-12-14-28-15-13-27/h4-11H,12-18H2,1-3H3,(H,24,25). The first-order valence-corrected chi connectivity index (χ1v) is 10.0. The van der Waals surface area contributed by atoms with Gasteiger partial charge in [-0.25, -0.2) is 0 Å². The van der Waals surface area contributed by atoms with Crippen molar-refractivity contribution in [2.75, 3.05) is 40.4 Å². The molecule has 0 radical (unpaired) electrons. The second-order valence-corrected chi connectivity index (χ2v) is 7.34. The fraction of sp³-hybridized carbons (Fsp3) is 0.435. The van der Waals surface area contributed by atoms with Crippen molar-refractivity contribution in [3.05, 3.63) is 70.8 Å². The van der Waals surface area contributed by atoms with Crippen molar-refractivity contribution >= 4 is 5.96 Å². The number of morpholine rings is 1. The minimum atomic E-state index is 0.769. The van der Waals surface area contributed by atoms with Gasteiger partial charge < -0.3 is 15.0 Å². The number of aliphatic imine (C=N–C) groups is 1. The Morgan fingerprint density at radius 3 is 2.36 bits per heavy atom. The van der Waals surface area contributed by atoms with Gasteiger partial charge in [0.15, 0.2) is 5.96 Å². The molecule has 1 N–H and O–H groups in total. The maximum Gasteiger partial charge on any atom is 0.193 e. The van der Waals surface area contributed by atoms with Crippen LogP contribution in [0.4, 0.5) is 0 Å². The summed E-state index contributed by atoms with van der Waals surface area (Å²) < 4.78 is 5.47. The average molecular weight is 381 g/mol. The fourth-order valence-electron chi connectivity index (χ4n) is 3.56. The van der Waals surface area contributed by atoms with Crippen molar-refractivity contribution in [2.24, 2.45) is 4.99 Å². The number of nitrogens with zero attached hydrogens (tertiary/aromatic N) is 3. The van der Waals surface area contributed by atoms with Crippen molar-refractivity contribution in [1.29, 1.82) is 0 Å². The van der Waals surface area contributed by atoms with Crippen molar-refractivity contribution < 1.29 is 4.74 Å². The maximum atomic E-state index is 5.47. The first-order valence-electron chi connectivity index (χ1n) is 10.0. The number of aryl methyl sites for hydroxylation is 1. The number of ether oxygens (including phenoxy) is 1. The maximum absolute atomic E-state index is 5.47. The van der Waals surface area contributed by atoms with Gasteiger partial charge in [0.25, 0.3) is 0 Å². The molecule has 1 aliphatic heterocycles. The van der Waals surface area contributed by atoms with Crippen LogP contribution in [-0.2, 0) is 24.4 Å². The Kier molecular flexibility index (Phi) is 7.46. The van der Waals surface area contributed by atoms with Crippen LogP contribution in [0, 0.1) is 6.92 Å². The van der Waals surface area contributed by atoms with E-state index < -0.39 is 0 Å². The minimum absolute atomic E-state index is 0.769. The third-order valence-corrected chi connectivity index (χ3v) is 5.30. The van der Waals surface area contributed by atoms with E-state index >= 15 is 0 Å². The molecule has 0 spiro atoms. The quantitative estimate of drug-likeness (QED) is 0.618. The molecular formula is C23H32N4O. The summed E-state index contributed by atoms with van der Waals surface area (Å²) in [6.45, 7) is 8.39. The first kappa shape index (κ1) is 20.4. The summed E-state index contributed by atoms with van der Waals surface area (Å²) in [7, 11) is 3.93. The second kappa shape index (κ2) is 10.2. The first-order chi connectivity index (χ1) is 13.7. The molecule has 150 valence electrons. The van der Waals surface area contributed by atoms with E-state index in [0.717, 1.165) is 51.9 Å². The number of hydrogen-bond acceptors (Lipinski definition) is 3. The monoisotopic (exact) mass is 380 g/mol. The molecule has 0 unspecified atom stereocenters. The number of nitrogens with one attached hydrogen (secondary N) is 1. The summed E-state index contributed by atoms with van der Waals surface area (Å²) in [6.07, 6.45) is 0. The van der Waals surface area contributed by atoms with E-state index in [2.05, 4.69) is 82.6 Å². The lowest BCUT2D eigenvalue weighted by Gasteiger charge is -2.28. The predicted molar refractivity (Wildman–Crippen MR) is 115 cm³/mol. The van der Waals surface area contributed by atoms with E-state index in [-0.39, 0.29) is 0 Å². The Morgan fingerprint density at radius 2 is 1.68 bits per heavy atom.